The van der Waals surface area contributed by atoms with E-state index in [9.17, 15) is 28.1 Å². The predicted octanol–water partition coefficient (Wildman–Crippen LogP) is 2.39. The molecule has 1 aromatic rings. The second-order valence-electron chi connectivity index (χ2n) is 3.81. The van der Waals surface area contributed by atoms with Crippen LogP contribution in [0.1, 0.15) is 12.5 Å². The molecule has 0 aliphatic carbocycles. The fourth-order valence-corrected chi connectivity index (χ4v) is 1.49. The topological polar surface area (TPSA) is 95.5 Å². The van der Waals surface area contributed by atoms with E-state index in [1.54, 1.807) is 0 Å². The lowest BCUT2D eigenvalue weighted by Crippen LogP contribution is -2.26. The van der Waals surface area contributed by atoms with E-state index in [0.717, 1.165) is 24.3 Å². The molecule has 0 unspecified atom stereocenters. The molecule has 0 fully saturated rings. The largest absolute Gasteiger partial charge is 0.462 e. The molecule has 0 saturated heterocycles. The van der Waals surface area contributed by atoms with Crippen LogP contribution >= 0.6 is 0 Å². The minimum absolute atomic E-state index is 0.166. The van der Waals surface area contributed by atoms with Gasteiger partial charge in [0.25, 0.3) is 5.69 Å². The highest BCUT2D eigenvalue weighted by Crippen LogP contribution is 2.31. The number of benzene rings is 1. The Bertz CT molecular complexity index is 579. The Balaban J connectivity index is 3.32. The third kappa shape index (κ3) is 3.94. The lowest BCUT2D eigenvalue weighted by atomic mass is 10.1. The molecule has 0 aliphatic rings. The molecule has 1 rings (SSSR count). The normalized spacial score (nSPS) is 12.6. The molecular weight excluding hydrogens is 293 g/mol. The average Bonchev–Trinajstić information content (AvgIpc) is 2.37. The van der Waals surface area contributed by atoms with Crippen molar-refractivity contribution in [1.29, 1.82) is 0 Å². The van der Waals surface area contributed by atoms with Gasteiger partial charge in [-0.15, -0.1) is 0 Å². The Morgan fingerprint density at radius 3 is 2.24 bits per heavy atom. The van der Waals surface area contributed by atoms with Crippen molar-refractivity contribution >= 4 is 17.4 Å². The van der Waals surface area contributed by atoms with E-state index in [4.69, 9.17) is 5.73 Å². The highest BCUT2D eigenvalue weighted by Gasteiger charge is 2.42. The smallest absolute Gasteiger partial charge is 0.425 e. The maximum absolute atomic E-state index is 12.9. The van der Waals surface area contributed by atoms with Gasteiger partial charge in [-0.25, -0.2) is 4.79 Å². The van der Waals surface area contributed by atoms with Crippen molar-refractivity contribution in [3.8, 4) is 0 Å². The molecule has 0 spiro atoms. The summed E-state index contributed by atoms with van der Waals surface area (Å²) in [7, 11) is 0. The minimum atomic E-state index is -5.00. The number of ether oxygens (including phenoxy) is 1. The number of esters is 1. The van der Waals surface area contributed by atoms with Gasteiger partial charge in [0.1, 0.15) is 0 Å². The number of non-ortho nitro benzene ring substituents is 1. The summed E-state index contributed by atoms with van der Waals surface area (Å²) in [5.74, 6) is -1.60. The number of rotatable bonds is 4. The van der Waals surface area contributed by atoms with Crippen molar-refractivity contribution in [3.05, 3.63) is 45.5 Å². The number of alkyl halides is 3. The van der Waals surface area contributed by atoms with Gasteiger partial charge in [-0.1, -0.05) is 0 Å². The lowest BCUT2D eigenvalue weighted by Gasteiger charge is -2.14. The first kappa shape index (κ1) is 16.5. The molecule has 0 bridgehead atoms. The van der Waals surface area contributed by atoms with Crippen molar-refractivity contribution < 1.29 is 27.6 Å². The molecule has 0 saturated carbocycles. The van der Waals surface area contributed by atoms with Gasteiger partial charge >= 0.3 is 12.1 Å². The number of nitro groups is 1. The quantitative estimate of drug-likeness (QED) is 0.399. The van der Waals surface area contributed by atoms with E-state index in [2.05, 4.69) is 4.74 Å². The summed E-state index contributed by atoms with van der Waals surface area (Å²) in [4.78, 5) is 21.2. The average molecular weight is 304 g/mol. The summed E-state index contributed by atoms with van der Waals surface area (Å²) in [6.07, 6.45) is -5.00. The standard InChI is InChI=1S/C12H11F3N2O4/c1-2-21-11(18)9(12(13,14)15)10(16)7-3-5-8(6-4-7)17(19)20/h3-6H,2,16H2,1H3. The molecule has 0 radical (unpaired) electrons. The molecule has 21 heavy (non-hydrogen) atoms. The molecule has 114 valence electrons. The SMILES string of the molecule is CCOC(=O)C(=C(N)c1ccc([N+](=O)[O-])cc1)C(F)(F)F. The van der Waals surface area contributed by atoms with Gasteiger partial charge in [0, 0.05) is 12.1 Å². The first-order valence-electron chi connectivity index (χ1n) is 5.67. The number of nitrogens with two attached hydrogens (primary N) is 1. The number of halogens is 3. The molecule has 0 aromatic heterocycles. The number of nitro benzene ring substituents is 1. The van der Waals surface area contributed by atoms with E-state index in [1.165, 1.54) is 6.92 Å². The zero-order valence-electron chi connectivity index (χ0n) is 10.8. The number of nitrogens with zero attached hydrogens (tertiary/aromatic N) is 1. The van der Waals surface area contributed by atoms with Crippen molar-refractivity contribution in [3.63, 3.8) is 0 Å². The van der Waals surface area contributed by atoms with E-state index in [-0.39, 0.29) is 17.9 Å². The Labute approximate surface area is 117 Å². The van der Waals surface area contributed by atoms with E-state index in [1.807, 2.05) is 0 Å². The maximum Gasteiger partial charge on any atom is 0.425 e. The second-order valence-corrected chi connectivity index (χ2v) is 3.81. The van der Waals surface area contributed by atoms with Gasteiger partial charge < -0.3 is 10.5 Å². The Hall–Kier alpha value is -2.58. The van der Waals surface area contributed by atoms with Crippen molar-refractivity contribution in [2.24, 2.45) is 5.73 Å². The van der Waals surface area contributed by atoms with Gasteiger partial charge in [0.05, 0.1) is 17.2 Å². The van der Waals surface area contributed by atoms with Crippen molar-refractivity contribution in [2.75, 3.05) is 6.61 Å². The first-order chi connectivity index (χ1) is 9.68. The van der Waals surface area contributed by atoms with Crippen LogP contribution in [0.15, 0.2) is 29.8 Å². The van der Waals surface area contributed by atoms with Crippen LogP contribution in [-0.4, -0.2) is 23.7 Å². The van der Waals surface area contributed by atoms with E-state index in [0.29, 0.717) is 0 Å². The summed E-state index contributed by atoms with van der Waals surface area (Å²) in [6, 6.07) is 4.03. The van der Waals surface area contributed by atoms with E-state index < -0.39 is 28.3 Å². The lowest BCUT2D eigenvalue weighted by molar-refractivity contribution is -0.384. The number of hydrogen-bond donors (Lipinski definition) is 1. The van der Waals surface area contributed by atoms with Gasteiger partial charge in [0.15, 0.2) is 5.57 Å². The molecule has 6 nitrogen and oxygen atoms in total. The Kier molecular flexibility index (Phi) is 4.90. The van der Waals surface area contributed by atoms with Gasteiger partial charge in [-0.05, 0) is 24.6 Å². The van der Waals surface area contributed by atoms with Crippen LogP contribution in [0, 0.1) is 10.1 Å². The van der Waals surface area contributed by atoms with Crippen LogP contribution in [0.25, 0.3) is 5.70 Å². The van der Waals surface area contributed by atoms with Crippen LogP contribution in [0.4, 0.5) is 18.9 Å². The third-order valence-corrected chi connectivity index (χ3v) is 2.42. The highest BCUT2D eigenvalue weighted by molar-refractivity contribution is 5.98. The molecule has 0 amide bonds. The van der Waals surface area contributed by atoms with Crippen LogP contribution in [0.3, 0.4) is 0 Å². The molecular formula is C12H11F3N2O4. The Morgan fingerprint density at radius 1 is 1.33 bits per heavy atom. The summed E-state index contributed by atoms with van der Waals surface area (Å²) in [5.41, 5.74) is 2.41. The number of hydrogen-bond acceptors (Lipinski definition) is 5. The van der Waals surface area contributed by atoms with E-state index >= 15 is 0 Å². The van der Waals surface area contributed by atoms with Crippen molar-refractivity contribution in [1.82, 2.24) is 0 Å². The molecule has 0 aliphatic heterocycles. The molecule has 0 heterocycles. The minimum Gasteiger partial charge on any atom is -0.462 e. The number of carbonyl (C=O) groups is 1. The van der Waals surface area contributed by atoms with Crippen LogP contribution in [0.2, 0.25) is 0 Å². The summed E-state index contributed by atoms with van der Waals surface area (Å²) >= 11 is 0. The maximum atomic E-state index is 12.9. The fourth-order valence-electron chi connectivity index (χ4n) is 1.49. The molecule has 9 heteroatoms. The monoisotopic (exact) mass is 304 g/mol. The van der Waals surface area contributed by atoms with Gasteiger partial charge in [-0.3, -0.25) is 10.1 Å². The summed E-state index contributed by atoms with van der Waals surface area (Å²) < 4.78 is 43.0. The zero-order valence-corrected chi connectivity index (χ0v) is 10.8. The third-order valence-electron chi connectivity index (χ3n) is 2.42. The summed E-state index contributed by atoms with van der Waals surface area (Å²) in [6.45, 7) is 1.11. The predicted molar refractivity (Wildman–Crippen MR) is 66.9 cm³/mol. The highest BCUT2D eigenvalue weighted by atomic mass is 19.4. The zero-order chi connectivity index (χ0) is 16.2. The van der Waals surface area contributed by atoms with Gasteiger partial charge in [0.2, 0.25) is 0 Å². The molecule has 1 aromatic carbocycles. The first-order valence-corrected chi connectivity index (χ1v) is 5.67. The van der Waals surface area contributed by atoms with Crippen LogP contribution in [0.5, 0.6) is 0 Å². The number of carbonyl (C=O) groups excluding carboxylic acids is 1. The second kappa shape index (κ2) is 6.25. The Morgan fingerprint density at radius 2 is 1.86 bits per heavy atom. The van der Waals surface area contributed by atoms with Gasteiger partial charge in [-0.2, -0.15) is 13.2 Å². The molecule has 2 N–H and O–H groups in total. The molecule has 0 atom stereocenters. The van der Waals surface area contributed by atoms with Crippen LogP contribution in [-0.2, 0) is 9.53 Å². The fraction of sp³-hybridized carbons (Fsp3) is 0.250. The van der Waals surface area contributed by atoms with Crippen LogP contribution < -0.4 is 5.73 Å². The summed E-state index contributed by atoms with van der Waals surface area (Å²) in [5, 5.41) is 10.5. The van der Waals surface area contributed by atoms with Crippen molar-refractivity contribution in [2.45, 2.75) is 13.1 Å².